The highest BCUT2D eigenvalue weighted by Crippen LogP contribution is 2.18. The van der Waals surface area contributed by atoms with E-state index in [0.29, 0.717) is 30.3 Å². The summed E-state index contributed by atoms with van der Waals surface area (Å²) in [6.45, 7) is 2.19. The van der Waals surface area contributed by atoms with Gasteiger partial charge in [-0.05, 0) is 43.2 Å². The number of rotatable bonds is 6. The van der Waals surface area contributed by atoms with Crippen LogP contribution in [0.15, 0.2) is 60.8 Å². The number of benzene rings is 2. The Labute approximate surface area is 167 Å². The van der Waals surface area contributed by atoms with Gasteiger partial charge in [-0.25, -0.2) is 14.4 Å². The molecule has 7 heteroatoms. The minimum Gasteiger partial charge on any atom is -0.361 e. The van der Waals surface area contributed by atoms with Crippen molar-refractivity contribution in [3.05, 3.63) is 83.7 Å². The number of aromatic amines is 1. The third-order valence-electron chi connectivity index (χ3n) is 4.52. The van der Waals surface area contributed by atoms with Gasteiger partial charge in [0, 0.05) is 35.4 Å². The molecule has 0 saturated carbocycles. The van der Waals surface area contributed by atoms with Crippen LogP contribution in [0.1, 0.15) is 21.9 Å². The van der Waals surface area contributed by atoms with E-state index in [0.717, 1.165) is 16.5 Å². The number of aromatic nitrogens is 3. The number of amides is 1. The minimum atomic E-state index is -0.351. The first kappa shape index (κ1) is 18.6. The fraction of sp³-hybridized carbons (Fsp3) is 0.136. The Kier molecular flexibility index (Phi) is 5.20. The molecule has 0 fully saturated rings. The van der Waals surface area contributed by atoms with Crippen LogP contribution in [0.3, 0.4) is 0 Å². The molecule has 0 radical (unpaired) electrons. The minimum absolute atomic E-state index is 0.260. The molecule has 0 atom stereocenters. The maximum Gasteiger partial charge on any atom is 0.270 e. The van der Waals surface area contributed by atoms with Crippen molar-refractivity contribution in [1.29, 1.82) is 0 Å². The van der Waals surface area contributed by atoms with Crippen LogP contribution in [-0.2, 0) is 6.42 Å². The van der Waals surface area contributed by atoms with Gasteiger partial charge >= 0.3 is 0 Å². The third kappa shape index (κ3) is 4.40. The fourth-order valence-electron chi connectivity index (χ4n) is 3.20. The van der Waals surface area contributed by atoms with E-state index >= 15 is 0 Å². The van der Waals surface area contributed by atoms with Crippen LogP contribution >= 0.6 is 0 Å². The normalized spacial score (nSPS) is 10.8. The summed E-state index contributed by atoms with van der Waals surface area (Å²) in [6.07, 6.45) is 2.67. The predicted octanol–water partition coefficient (Wildman–Crippen LogP) is 4.12. The van der Waals surface area contributed by atoms with E-state index in [2.05, 4.69) is 31.7 Å². The van der Waals surface area contributed by atoms with Crippen molar-refractivity contribution in [1.82, 2.24) is 20.3 Å². The molecule has 4 aromatic rings. The lowest BCUT2D eigenvalue weighted by molar-refractivity contribution is 0.0949. The van der Waals surface area contributed by atoms with Crippen molar-refractivity contribution in [2.45, 2.75) is 13.3 Å². The standard InChI is InChI=1S/C22H20FN5O/c1-14-26-20(12-21(27-14)28-17-6-4-5-16(23)11-17)22(29)24-10-9-15-13-25-19-8-3-2-7-18(15)19/h2-8,11-13,25H,9-10H2,1H3,(H,24,29)(H,26,27,28). The first-order chi connectivity index (χ1) is 14.1. The number of fused-ring (bicyclic) bond motifs is 1. The number of nitrogens with one attached hydrogen (secondary N) is 3. The first-order valence-corrected chi connectivity index (χ1v) is 9.30. The summed E-state index contributed by atoms with van der Waals surface area (Å²) >= 11 is 0. The number of hydrogen-bond acceptors (Lipinski definition) is 4. The van der Waals surface area contributed by atoms with E-state index in [1.165, 1.54) is 12.1 Å². The Balaban J connectivity index is 1.42. The van der Waals surface area contributed by atoms with Crippen molar-refractivity contribution in [2.24, 2.45) is 0 Å². The Morgan fingerprint density at radius 1 is 1.10 bits per heavy atom. The van der Waals surface area contributed by atoms with Gasteiger partial charge in [-0.1, -0.05) is 24.3 Å². The van der Waals surface area contributed by atoms with Crippen LogP contribution < -0.4 is 10.6 Å². The lowest BCUT2D eigenvalue weighted by atomic mass is 10.1. The molecule has 29 heavy (non-hydrogen) atoms. The van der Waals surface area contributed by atoms with Gasteiger partial charge in [0.2, 0.25) is 0 Å². The van der Waals surface area contributed by atoms with Gasteiger partial charge in [-0.15, -0.1) is 0 Å². The molecular formula is C22H20FN5O. The second-order valence-corrected chi connectivity index (χ2v) is 6.69. The largest absolute Gasteiger partial charge is 0.361 e. The maximum atomic E-state index is 13.4. The molecule has 1 amide bonds. The number of nitrogens with zero attached hydrogens (tertiary/aromatic N) is 2. The predicted molar refractivity (Wildman–Crippen MR) is 111 cm³/mol. The van der Waals surface area contributed by atoms with Gasteiger partial charge in [-0.3, -0.25) is 4.79 Å². The monoisotopic (exact) mass is 389 g/mol. The summed E-state index contributed by atoms with van der Waals surface area (Å²) < 4.78 is 13.4. The molecule has 3 N–H and O–H groups in total. The molecule has 146 valence electrons. The first-order valence-electron chi connectivity index (χ1n) is 9.30. The number of H-pyrrole nitrogens is 1. The lowest BCUT2D eigenvalue weighted by Crippen LogP contribution is -2.27. The number of carbonyl (C=O) groups excluding carboxylic acids is 1. The van der Waals surface area contributed by atoms with Gasteiger partial charge in [-0.2, -0.15) is 0 Å². The zero-order valence-electron chi connectivity index (χ0n) is 15.9. The third-order valence-corrected chi connectivity index (χ3v) is 4.52. The Bertz CT molecular complexity index is 1170. The van der Waals surface area contributed by atoms with Gasteiger partial charge in [0.1, 0.15) is 23.2 Å². The maximum absolute atomic E-state index is 13.4. The topological polar surface area (TPSA) is 82.7 Å². The molecule has 4 rings (SSSR count). The summed E-state index contributed by atoms with van der Waals surface area (Å²) in [5.41, 5.74) is 3.03. The van der Waals surface area contributed by atoms with E-state index in [1.54, 1.807) is 25.1 Å². The molecule has 0 aliphatic carbocycles. The molecular weight excluding hydrogens is 369 g/mol. The highest BCUT2D eigenvalue weighted by molar-refractivity contribution is 5.93. The molecule has 0 unspecified atom stereocenters. The second kappa shape index (κ2) is 8.10. The number of anilines is 2. The molecule has 0 spiro atoms. The number of aryl methyl sites for hydroxylation is 1. The highest BCUT2D eigenvalue weighted by Gasteiger charge is 2.11. The number of hydrogen-bond donors (Lipinski definition) is 3. The molecule has 2 aromatic heterocycles. The van der Waals surface area contributed by atoms with Crippen molar-refractivity contribution in [2.75, 3.05) is 11.9 Å². The summed E-state index contributed by atoms with van der Waals surface area (Å²) in [5, 5.41) is 7.06. The summed E-state index contributed by atoms with van der Waals surface area (Å²) in [6, 6.07) is 15.7. The van der Waals surface area contributed by atoms with Crippen LogP contribution in [0.4, 0.5) is 15.9 Å². The molecule has 0 bridgehead atoms. The smallest absolute Gasteiger partial charge is 0.270 e. The Morgan fingerprint density at radius 3 is 2.83 bits per heavy atom. The van der Waals surface area contributed by atoms with Crippen LogP contribution in [0.25, 0.3) is 10.9 Å². The summed E-state index contributed by atoms with van der Waals surface area (Å²) in [5.74, 6) is 0.256. The highest BCUT2D eigenvalue weighted by atomic mass is 19.1. The number of para-hydroxylation sites is 1. The van der Waals surface area contributed by atoms with Crippen LogP contribution in [-0.4, -0.2) is 27.4 Å². The lowest BCUT2D eigenvalue weighted by Gasteiger charge is -2.09. The van der Waals surface area contributed by atoms with Crippen molar-refractivity contribution in [3.63, 3.8) is 0 Å². The van der Waals surface area contributed by atoms with Crippen molar-refractivity contribution < 1.29 is 9.18 Å². The Morgan fingerprint density at radius 2 is 1.97 bits per heavy atom. The average molecular weight is 389 g/mol. The van der Waals surface area contributed by atoms with Gasteiger partial charge < -0.3 is 15.6 Å². The van der Waals surface area contributed by atoms with Crippen LogP contribution in [0.2, 0.25) is 0 Å². The molecule has 2 aromatic carbocycles. The van der Waals surface area contributed by atoms with E-state index in [-0.39, 0.29) is 17.4 Å². The second-order valence-electron chi connectivity index (χ2n) is 6.69. The van der Waals surface area contributed by atoms with Crippen LogP contribution in [0, 0.1) is 12.7 Å². The van der Waals surface area contributed by atoms with Gasteiger partial charge in [0.15, 0.2) is 0 Å². The van der Waals surface area contributed by atoms with Crippen molar-refractivity contribution >= 4 is 28.3 Å². The van der Waals surface area contributed by atoms with E-state index in [9.17, 15) is 9.18 Å². The van der Waals surface area contributed by atoms with Crippen molar-refractivity contribution in [3.8, 4) is 0 Å². The van der Waals surface area contributed by atoms with Gasteiger partial charge in [0.25, 0.3) is 5.91 Å². The molecule has 2 heterocycles. The number of halogens is 1. The quantitative estimate of drug-likeness (QED) is 0.463. The molecule has 0 saturated heterocycles. The van der Waals surface area contributed by atoms with E-state index in [4.69, 9.17) is 0 Å². The average Bonchev–Trinajstić information content (AvgIpc) is 3.11. The molecule has 6 nitrogen and oxygen atoms in total. The van der Waals surface area contributed by atoms with E-state index < -0.39 is 0 Å². The summed E-state index contributed by atoms with van der Waals surface area (Å²) in [7, 11) is 0. The summed E-state index contributed by atoms with van der Waals surface area (Å²) in [4.78, 5) is 24.3. The Hall–Kier alpha value is -3.74. The van der Waals surface area contributed by atoms with E-state index in [1.807, 2.05) is 24.4 Å². The SMILES string of the molecule is Cc1nc(Nc2cccc(F)c2)cc(C(=O)NCCc2c[nH]c3ccccc23)n1. The molecule has 0 aliphatic rings. The van der Waals surface area contributed by atoms with Crippen LogP contribution in [0.5, 0.6) is 0 Å². The zero-order valence-corrected chi connectivity index (χ0v) is 15.9. The number of carbonyl (C=O) groups is 1. The van der Waals surface area contributed by atoms with Gasteiger partial charge in [0.05, 0.1) is 0 Å². The molecule has 0 aliphatic heterocycles. The zero-order chi connectivity index (χ0) is 20.2. The fourth-order valence-corrected chi connectivity index (χ4v) is 3.20.